The Kier molecular flexibility index (Phi) is 4.48. The van der Waals surface area contributed by atoms with Crippen LogP contribution in [0.1, 0.15) is 13.3 Å². The van der Waals surface area contributed by atoms with E-state index in [0.717, 1.165) is 0 Å². The number of hydrogen-bond donors (Lipinski definition) is 0. The first-order chi connectivity index (χ1) is 7.78. The van der Waals surface area contributed by atoms with Crippen LogP contribution in [-0.2, 0) is 9.59 Å². The monoisotopic (exact) mass is 286 g/mol. The van der Waals surface area contributed by atoms with Gasteiger partial charge in [-0.15, -0.1) is 0 Å². The Hall–Kier alpha value is -1.22. The maximum atomic E-state index is 12.7. The van der Waals surface area contributed by atoms with Crippen molar-refractivity contribution in [2.24, 2.45) is 0 Å². The molecule has 0 unspecified atom stereocenters. The molecule has 0 aliphatic heterocycles. The second kappa shape index (κ2) is 4.81. The van der Waals surface area contributed by atoms with Crippen molar-refractivity contribution in [3.63, 3.8) is 0 Å². The number of rotatable bonds is 6. The van der Waals surface area contributed by atoms with Crippen molar-refractivity contribution in [3.8, 4) is 0 Å². The van der Waals surface area contributed by atoms with Gasteiger partial charge in [-0.1, -0.05) is 0 Å². The van der Waals surface area contributed by atoms with Crippen molar-refractivity contribution in [1.82, 2.24) is 0 Å². The minimum absolute atomic E-state index is 0.567. The summed E-state index contributed by atoms with van der Waals surface area (Å²) in [6.07, 6.45) is -6.86. The zero-order chi connectivity index (χ0) is 14.9. The Balaban J connectivity index is 5.44. The summed E-state index contributed by atoms with van der Waals surface area (Å²) < 4.78 is 98.6. The summed E-state index contributed by atoms with van der Waals surface area (Å²) in [4.78, 5) is 20.8. The van der Waals surface area contributed by atoms with Crippen molar-refractivity contribution in [1.29, 1.82) is 0 Å². The number of carbonyl (C=O) groups is 2. The fraction of sp³-hybridized carbons (Fsp3) is 0.750. The molecule has 0 bridgehead atoms. The van der Waals surface area contributed by atoms with Gasteiger partial charge in [0, 0.05) is 0 Å². The molecule has 0 aliphatic carbocycles. The lowest BCUT2D eigenvalue weighted by atomic mass is 9.98. The van der Waals surface area contributed by atoms with Crippen molar-refractivity contribution in [3.05, 3.63) is 0 Å². The summed E-state index contributed by atoms with van der Waals surface area (Å²) in [5, 5.41) is 0. The molecule has 0 fully saturated rings. The number of alkyl halides is 8. The van der Waals surface area contributed by atoms with Crippen molar-refractivity contribution < 1.29 is 44.7 Å². The summed E-state index contributed by atoms with van der Waals surface area (Å²) in [6, 6.07) is 0. The molecule has 0 radical (unpaired) electrons. The molecule has 0 spiro atoms. The van der Waals surface area contributed by atoms with Crippen LogP contribution >= 0.6 is 0 Å². The predicted octanol–water partition coefficient (Wildman–Crippen LogP) is 2.71. The fourth-order valence-electron chi connectivity index (χ4n) is 0.859. The molecule has 0 aromatic rings. The van der Waals surface area contributed by atoms with E-state index >= 15 is 0 Å². The van der Waals surface area contributed by atoms with Gasteiger partial charge in [0.15, 0.2) is 0 Å². The van der Waals surface area contributed by atoms with Crippen molar-refractivity contribution >= 4 is 11.6 Å². The lowest BCUT2D eigenvalue weighted by Crippen LogP contribution is -2.60. The minimum atomic E-state index is -6.60. The largest absolute Gasteiger partial charge is 0.385 e. The van der Waals surface area contributed by atoms with Crippen LogP contribution in [0, 0.1) is 0 Å². The van der Waals surface area contributed by atoms with Gasteiger partial charge >= 0.3 is 24.2 Å². The topological polar surface area (TPSA) is 34.1 Å². The second-order valence-electron chi connectivity index (χ2n) is 3.37. The molecular formula is C8H6F8O2. The molecule has 0 saturated carbocycles. The average molecular weight is 286 g/mol. The van der Waals surface area contributed by atoms with Crippen LogP contribution in [0.5, 0.6) is 0 Å². The third-order valence-electron chi connectivity index (χ3n) is 1.85. The van der Waals surface area contributed by atoms with Crippen LogP contribution < -0.4 is 0 Å². The van der Waals surface area contributed by atoms with Gasteiger partial charge < -0.3 is 0 Å². The molecule has 18 heavy (non-hydrogen) atoms. The Morgan fingerprint density at radius 1 is 1.00 bits per heavy atom. The highest BCUT2D eigenvalue weighted by Crippen LogP contribution is 2.49. The number of hydrogen-bond acceptors (Lipinski definition) is 2. The Morgan fingerprint density at radius 3 is 1.67 bits per heavy atom. The van der Waals surface area contributed by atoms with E-state index in [9.17, 15) is 44.7 Å². The summed E-state index contributed by atoms with van der Waals surface area (Å²) >= 11 is 0. The summed E-state index contributed by atoms with van der Waals surface area (Å²) in [5.74, 6) is -23.2. The van der Waals surface area contributed by atoms with Crippen LogP contribution in [0.4, 0.5) is 35.1 Å². The Morgan fingerprint density at radius 2 is 1.39 bits per heavy atom. The summed E-state index contributed by atoms with van der Waals surface area (Å²) in [7, 11) is 0. The van der Waals surface area contributed by atoms with E-state index in [4.69, 9.17) is 0 Å². The van der Waals surface area contributed by atoms with Crippen LogP contribution in [0.25, 0.3) is 0 Å². The lowest BCUT2D eigenvalue weighted by Gasteiger charge is -2.31. The van der Waals surface area contributed by atoms with Gasteiger partial charge in [0.05, 0.1) is 6.42 Å². The van der Waals surface area contributed by atoms with Gasteiger partial charge in [0.25, 0.3) is 0 Å². The molecular weight excluding hydrogens is 280 g/mol. The molecule has 0 aromatic carbocycles. The third-order valence-corrected chi connectivity index (χ3v) is 1.85. The molecule has 0 heterocycles. The molecule has 0 amide bonds. The van der Waals surface area contributed by atoms with E-state index < -0.39 is 42.2 Å². The quantitative estimate of drug-likeness (QED) is 0.555. The Labute approximate surface area is 94.9 Å². The highest BCUT2D eigenvalue weighted by Gasteiger charge is 2.77. The average Bonchev–Trinajstić information content (AvgIpc) is 2.15. The standard InChI is InChI=1S/C8H6F8O2/c1-3(17)2-4(18)6(11,12)8(15,16)7(13,14)5(9)10/h5H,2H2,1H3. The highest BCUT2D eigenvalue weighted by atomic mass is 19.4. The van der Waals surface area contributed by atoms with Gasteiger partial charge in [-0.05, 0) is 6.92 Å². The molecule has 2 nitrogen and oxygen atoms in total. The van der Waals surface area contributed by atoms with Gasteiger partial charge in [-0.2, -0.15) is 26.3 Å². The van der Waals surface area contributed by atoms with Crippen molar-refractivity contribution in [2.75, 3.05) is 0 Å². The molecule has 0 N–H and O–H groups in total. The number of Topliss-reactive ketones (excluding diaryl/α,β-unsaturated/α-hetero) is 2. The van der Waals surface area contributed by atoms with E-state index in [-0.39, 0.29) is 0 Å². The van der Waals surface area contributed by atoms with Crippen LogP contribution in [0.2, 0.25) is 0 Å². The van der Waals surface area contributed by atoms with E-state index in [2.05, 4.69) is 0 Å². The second-order valence-corrected chi connectivity index (χ2v) is 3.37. The number of ketones is 2. The molecule has 0 atom stereocenters. The molecule has 10 heteroatoms. The summed E-state index contributed by atoms with van der Waals surface area (Å²) in [6.45, 7) is 0.567. The molecule has 0 aliphatic rings. The first kappa shape index (κ1) is 16.8. The van der Waals surface area contributed by atoms with Gasteiger partial charge in [-0.25, -0.2) is 8.78 Å². The van der Waals surface area contributed by atoms with E-state index in [1.807, 2.05) is 0 Å². The van der Waals surface area contributed by atoms with E-state index in [0.29, 0.717) is 6.92 Å². The zero-order valence-electron chi connectivity index (χ0n) is 8.62. The van der Waals surface area contributed by atoms with Crippen LogP contribution in [0.15, 0.2) is 0 Å². The fourth-order valence-corrected chi connectivity index (χ4v) is 0.859. The summed E-state index contributed by atoms with van der Waals surface area (Å²) in [5.41, 5.74) is 0. The van der Waals surface area contributed by atoms with Gasteiger partial charge in [0.1, 0.15) is 5.78 Å². The van der Waals surface area contributed by atoms with E-state index in [1.165, 1.54) is 0 Å². The van der Waals surface area contributed by atoms with Crippen LogP contribution in [0.3, 0.4) is 0 Å². The van der Waals surface area contributed by atoms with E-state index in [1.54, 1.807) is 0 Å². The third kappa shape index (κ3) is 2.61. The van der Waals surface area contributed by atoms with Crippen LogP contribution in [-0.4, -0.2) is 35.8 Å². The number of carbonyl (C=O) groups excluding carboxylic acids is 2. The van der Waals surface area contributed by atoms with Gasteiger partial charge in [-0.3, -0.25) is 9.59 Å². The first-order valence-corrected chi connectivity index (χ1v) is 4.22. The smallest absolute Gasteiger partial charge is 0.300 e. The molecule has 0 saturated heterocycles. The SMILES string of the molecule is CC(=O)CC(=O)C(F)(F)C(F)(F)C(F)(F)C(F)F. The first-order valence-electron chi connectivity index (χ1n) is 4.22. The lowest BCUT2D eigenvalue weighted by molar-refractivity contribution is -0.327. The van der Waals surface area contributed by atoms with Crippen molar-refractivity contribution in [2.45, 2.75) is 37.5 Å². The Bertz CT molecular complexity index is 349. The predicted molar refractivity (Wildman–Crippen MR) is 41.2 cm³/mol. The zero-order valence-corrected chi connectivity index (χ0v) is 8.62. The minimum Gasteiger partial charge on any atom is -0.300 e. The molecule has 0 aromatic heterocycles. The highest BCUT2D eigenvalue weighted by molar-refractivity contribution is 6.02. The molecule has 106 valence electrons. The number of halogens is 8. The normalized spacial score (nSPS) is 13.9. The maximum Gasteiger partial charge on any atom is 0.385 e. The maximum absolute atomic E-state index is 12.7. The molecule has 0 rings (SSSR count). The van der Waals surface area contributed by atoms with Gasteiger partial charge in [0.2, 0.25) is 5.78 Å².